The lowest BCUT2D eigenvalue weighted by molar-refractivity contribution is 0.171. The molecular formula is C15H24FNO2. The van der Waals surface area contributed by atoms with Gasteiger partial charge in [-0.05, 0) is 30.2 Å². The Labute approximate surface area is 114 Å². The molecule has 0 spiro atoms. The Hall–Kier alpha value is -1.13. The van der Waals surface area contributed by atoms with Crippen molar-refractivity contribution in [3.8, 4) is 5.75 Å². The van der Waals surface area contributed by atoms with Crippen LogP contribution in [0.25, 0.3) is 0 Å². The molecule has 0 aliphatic heterocycles. The summed E-state index contributed by atoms with van der Waals surface area (Å²) < 4.78 is 19.1. The van der Waals surface area contributed by atoms with E-state index in [0.29, 0.717) is 19.1 Å². The Kier molecular flexibility index (Phi) is 6.81. The summed E-state index contributed by atoms with van der Waals surface area (Å²) in [5.41, 5.74) is 0.903. The fraction of sp³-hybridized carbons (Fsp3) is 0.600. The summed E-state index contributed by atoms with van der Waals surface area (Å²) >= 11 is 0. The molecule has 108 valence electrons. The van der Waals surface area contributed by atoms with Crippen LogP contribution in [0.15, 0.2) is 18.2 Å². The number of ether oxygens (including phenoxy) is 1. The van der Waals surface area contributed by atoms with Crippen molar-refractivity contribution >= 4 is 0 Å². The zero-order valence-corrected chi connectivity index (χ0v) is 11.9. The number of aliphatic hydroxyl groups excluding tert-OH is 1. The number of rotatable bonds is 8. The summed E-state index contributed by atoms with van der Waals surface area (Å²) in [6.45, 7) is 8.04. The predicted octanol–water partition coefficient (Wildman–Crippen LogP) is 2.58. The van der Waals surface area contributed by atoms with Gasteiger partial charge < -0.3 is 15.2 Å². The highest BCUT2D eigenvalue weighted by Gasteiger charge is 2.07. The molecule has 1 aromatic carbocycles. The maximum atomic E-state index is 13.8. The highest BCUT2D eigenvalue weighted by Crippen LogP contribution is 2.19. The van der Waals surface area contributed by atoms with E-state index in [1.54, 1.807) is 6.07 Å². The largest absolute Gasteiger partial charge is 0.490 e. The van der Waals surface area contributed by atoms with Crippen LogP contribution in [0.1, 0.15) is 26.3 Å². The molecule has 0 saturated carbocycles. The lowest BCUT2D eigenvalue weighted by Gasteiger charge is -2.12. The molecule has 4 heteroatoms. The highest BCUT2D eigenvalue weighted by atomic mass is 19.1. The molecule has 1 rings (SSSR count). The Balaban J connectivity index is 2.49. The molecule has 0 saturated heterocycles. The van der Waals surface area contributed by atoms with Gasteiger partial charge in [0.2, 0.25) is 0 Å². The molecule has 2 N–H and O–H groups in total. The first-order valence-electron chi connectivity index (χ1n) is 6.75. The van der Waals surface area contributed by atoms with Crippen molar-refractivity contribution in [2.45, 2.75) is 27.3 Å². The summed E-state index contributed by atoms with van der Waals surface area (Å²) in [4.78, 5) is 0. The smallest absolute Gasteiger partial charge is 0.165 e. The number of aliphatic hydroxyl groups is 1. The average Bonchev–Trinajstić information content (AvgIpc) is 2.37. The van der Waals surface area contributed by atoms with E-state index in [-0.39, 0.29) is 24.1 Å². The van der Waals surface area contributed by atoms with E-state index < -0.39 is 0 Å². The molecule has 0 bridgehead atoms. The zero-order valence-electron chi connectivity index (χ0n) is 11.9. The summed E-state index contributed by atoms with van der Waals surface area (Å²) in [7, 11) is 0. The monoisotopic (exact) mass is 269 g/mol. The topological polar surface area (TPSA) is 41.5 Å². The number of halogens is 1. The quantitative estimate of drug-likeness (QED) is 0.762. The van der Waals surface area contributed by atoms with E-state index in [4.69, 9.17) is 9.84 Å². The Bertz CT molecular complexity index is 382. The van der Waals surface area contributed by atoms with Crippen LogP contribution in [0.2, 0.25) is 0 Å². The SMILES string of the molecule is CC(C)CNCc1ccc(OCC(C)CO)c(F)c1. The van der Waals surface area contributed by atoms with E-state index in [1.807, 2.05) is 13.0 Å². The molecule has 1 aromatic rings. The molecule has 0 radical (unpaired) electrons. The van der Waals surface area contributed by atoms with Crippen LogP contribution in [-0.4, -0.2) is 24.9 Å². The number of nitrogens with one attached hydrogen (secondary N) is 1. The molecule has 0 amide bonds. The Morgan fingerprint density at radius 1 is 1.32 bits per heavy atom. The van der Waals surface area contributed by atoms with Gasteiger partial charge in [0.1, 0.15) is 0 Å². The second-order valence-corrected chi connectivity index (χ2v) is 5.39. The second kappa shape index (κ2) is 8.12. The maximum Gasteiger partial charge on any atom is 0.165 e. The van der Waals surface area contributed by atoms with Gasteiger partial charge in [-0.3, -0.25) is 0 Å². The minimum Gasteiger partial charge on any atom is -0.490 e. The third-order valence-electron chi connectivity index (χ3n) is 2.71. The van der Waals surface area contributed by atoms with E-state index in [9.17, 15) is 4.39 Å². The van der Waals surface area contributed by atoms with E-state index in [1.165, 1.54) is 6.07 Å². The molecule has 0 fully saturated rings. The predicted molar refractivity (Wildman–Crippen MR) is 74.7 cm³/mol. The van der Waals surface area contributed by atoms with Crippen LogP contribution < -0.4 is 10.1 Å². The summed E-state index contributed by atoms with van der Waals surface area (Å²) in [6, 6.07) is 4.99. The fourth-order valence-corrected chi connectivity index (χ4v) is 1.56. The lowest BCUT2D eigenvalue weighted by atomic mass is 10.2. The second-order valence-electron chi connectivity index (χ2n) is 5.39. The standard InChI is InChI=1S/C15H24FNO2/c1-11(2)7-17-8-13-4-5-15(14(16)6-13)19-10-12(3)9-18/h4-6,11-12,17-18H,7-10H2,1-3H3. The number of benzene rings is 1. The Morgan fingerprint density at radius 2 is 2.05 bits per heavy atom. The van der Waals surface area contributed by atoms with Gasteiger partial charge in [-0.15, -0.1) is 0 Å². The molecule has 0 aliphatic carbocycles. The minimum atomic E-state index is -0.353. The van der Waals surface area contributed by atoms with Crippen LogP contribution in [0.4, 0.5) is 4.39 Å². The normalized spacial score (nSPS) is 12.7. The number of hydrogen-bond donors (Lipinski definition) is 2. The first kappa shape index (κ1) is 15.9. The molecule has 1 unspecified atom stereocenters. The van der Waals surface area contributed by atoms with Gasteiger partial charge in [-0.25, -0.2) is 4.39 Å². The van der Waals surface area contributed by atoms with Gasteiger partial charge in [0.05, 0.1) is 6.61 Å². The van der Waals surface area contributed by atoms with Gasteiger partial charge in [0.25, 0.3) is 0 Å². The van der Waals surface area contributed by atoms with Gasteiger partial charge in [0, 0.05) is 19.1 Å². The van der Waals surface area contributed by atoms with Crippen molar-refractivity contribution in [1.82, 2.24) is 5.32 Å². The molecule has 19 heavy (non-hydrogen) atoms. The van der Waals surface area contributed by atoms with Crippen LogP contribution in [-0.2, 0) is 6.54 Å². The molecular weight excluding hydrogens is 245 g/mol. The van der Waals surface area contributed by atoms with E-state index in [0.717, 1.165) is 12.1 Å². The van der Waals surface area contributed by atoms with Crippen LogP contribution in [0.3, 0.4) is 0 Å². The van der Waals surface area contributed by atoms with Gasteiger partial charge in [-0.2, -0.15) is 0 Å². The van der Waals surface area contributed by atoms with Crippen LogP contribution in [0, 0.1) is 17.7 Å². The third-order valence-corrected chi connectivity index (χ3v) is 2.71. The molecule has 3 nitrogen and oxygen atoms in total. The summed E-state index contributed by atoms with van der Waals surface area (Å²) in [5, 5.41) is 12.2. The molecule has 0 aliphatic rings. The van der Waals surface area contributed by atoms with Crippen LogP contribution >= 0.6 is 0 Å². The summed E-state index contributed by atoms with van der Waals surface area (Å²) in [6.07, 6.45) is 0. The Morgan fingerprint density at radius 3 is 2.63 bits per heavy atom. The van der Waals surface area contributed by atoms with Gasteiger partial charge in [-0.1, -0.05) is 26.8 Å². The third kappa shape index (κ3) is 6.03. The van der Waals surface area contributed by atoms with Crippen molar-refractivity contribution in [1.29, 1.82) is 0 Å². The molecule has 0 aromatic heterocycles. The van der Waals surface area contributed by atoms with Crippen molar-refractivity contribution in [2.24, 2.45) is 11.8 Å². The van der Waals surface area contributed by atoms with Crippen molar-refractivity contribution < 1.29 is 14.2 Å². The molecule has 0 heterocycles. The van der Waals surface area contributed by atoms with Crippen LogP contribution in [0.5, 0.6) is 5.75 Å². The van der Waals surface area contributed by atoms with E-state index >= 15 is 0 Å². The van der Waals surface area contributed by atoms with E-state index in [2.05, 4.69) is 19.2 Å². The fourth-order valence-electron chi connectivity index (χ4n) is 1.56. The molecule has 1 atom stereocenters. The number of hydrogen-bond acceptors (Lipinski definition) is 3. The maximum absolute atomic E-state index is 13.8. The van der Waals surface area contributed by atoms with Crippen molar-refractivity contribution in [2.75, 3.05) is 19.8 Å². The van der Waals surface area contributed by atoms with Crippen molar-refractivity contribution in [3.63, 3.8) is 0 Å². The van der Waals surface area contributed by atoms with Gasteiger partial charge >= 0.3 is 0 Å². The van der Waals surface area contributed by atoms with Crippen molar-refractivity contribution in [3.05, 3.63) is 29.6 Å². The first-order chi connectivity index (χ1) is 9.02. The highest BCUT2D eigenvalue weighted by molar-refractivity contribution is 5.29. The van der Waals surface area contributed by atoms with Gasteiger partial charge in [0.15, 0.2) is 11.6 Å². The first-order valence-corrected chi connectivity index (χ1v) is 6.75. The zero-order chi connectivity index (χ0) is 14.3. The lowest BCUT2D eigenvalue weighted by Crippen LogP contribution is -2.19. The average molecular weight is 269 g/mol. The minimum absolute atomic E-state index is 0.00628. The summed E-state index contributed by atoms with van der Waals surface area (Å²) in [5.74, 6) is 0.473.